The smallest absolute Gasteiger partial charge is 0.193 e. The van der Waals surface area contributed by atoms with Crippen molar-refractivity contribution in [3.8, 4) is 17.1 Å². The number of methoxy groups -OCH3 is 1. The predicted molar refractivity (Wildman–Crippen MR) is 117 cm³/mol. The Morgan fingerprint density at radius 2 is 2.06 bits per heavy atom. The summed E-state index contributed by atoms with van der Waals surface area (Å²) < 4.78 is 33.0. The van der Waals surface area contributed by atoms with Crippen LogP contribution in [0.15, 0.2) is 37.0 Å². The highest BCUT2D eigenvalue weighted by Gasteiger charge is 2.22. The SMILES string of the molecule is C=C(OCC)c1nc(-c2cc3cn(C)nc3c(F)c2OCOC)nc2ccc(Cl)cc12. The van der Waals surface area contributed by atoms with E-state index in [1.165, 1.54) is 11.8 Å². The van der Waals surface area contributed by atoms with Crippen molar-refractivity contribution in [1.29, 1.82) is 0 Å². The molecule has 4 rings (SSSR count). The van der Waals surface area contributed by atoms with Crippen LogP contribution in [-0.2, 0) is 16.5 Å². The van der Waals surface area contributed by atoms with Gasteiger partial charge in [-0.1, -0.05) is 18.2 Å². The molecule has 7 nitrogen and oxygen atoms in total. The summed E-state index contributed by atoms with van der Waals surface area (Å²) in [6, 6.07) is 6.97. The van der Waals surface area contributed by atoms with E-state index in [4.69, 9.17) is 25.8 Å². The lowest BCUT2D eigenvalue weighted by Gasteiger charge is -2.15. The first kappa shape index (κ1) is 21.0. The maximum absolute atomic E-state index is 15.3. The Morgan fingerprint density at radius 1 is 1.26 bits per heavy atom. The number of nitrogens with zero attached hydrogens (tertiary/aromatic N) is 4. The largest absolute Gasteiger partial charge is 0.492 e. The van der Waals surface area contributed by atoms with Crippen LogP contribution < -0.4 is 4.74 Å². The van der Waals surface area contributed by atoms with Crippen molar-refractivity contribution in [2.24, 2.45) is 7.05 Å². The van der Waals surface area contributed by atoms with Gasteiger partial charge in [-0.05, 0) is 31.2 Å². The minimum Gasteiger partial charge on any atom is -0.492 e. The molecule has 0 amide bonds. The second-order valence-electron chi connectivity index (χ2n) is 6.77. The molecule has 2 heterocycles. The number of ether oxygens (including phenoxy) is 3. The quantitative estimate of drug-likeness (QED) is 0.297. The number of hydrogen-bond acceptors (Lipinski definition) is 6. The van der Waals surface area contributed by atoms with E-state index in [0.29, 0.717) is 44.9 Å². The maximum Gasteiger partial charge on any atom is 0.193 e. The summed E-state index contributed by atoms with van der Waals surface area (Å²) in [6.45, 7) is 6.10. The van der Waals surface area contributed by atoms with Gasteiger partial charge in [0.05, 0.1) is 17.7 Å². The van der Waals surface area contributed by atoms with Gasteiger partial charge in [0.25, 0.3) is 0 Å². The lowest BCUT2D eigenvalue weighted by molar-refractivity contribution is 0.0489. The van der Waals surface area contributed by atoms with Gasteiger partial charge in [0.1, 0.15) is 17.0 Å². The standard InChI is InChI=1S/C22H20ClFN4O3/c1-5-30-12(2)19-15-9-14(23)6-7-17(15)25-22(26-19)16-8-13-10-28(3)27-20(13)18(24)21(16)31-11-29-4/h6-10H,2,5,11H2,1,3-4H3. The van der Waals surface area contributed by atoms with Gasteiger partial charge in [0, 0.05) is 36.1 Å². The average molecular weight is 443 g/mol. The van der Waals surface area contributed by atoms with Crippen LogP contribution in [0.4, 0.5) is 4.39 Å². The van der Waals surface area contributed by atoms with Gasteiger partial charge in [-0.15, -0.1) is 0 Å². The molecule has 0 unspecified atom stereocenters. The number of benzene rings is 2. The van der Waals surface area contributed by atoms with Crippen molar-refractivity contribution >= 4 is 39.2 Å². The van der Waals surface area contributed by atoms with Crippen LogP contribution >= 0.6 is 11.6 Å². The van der Waals surface area contributed by atoms with E-state index in [1.807, 2.05) is 6.92 Å². The molecule has 0 aliphatic carbocycles. The minimum absolute atomic E-state index is 0.0469. The van der Waals surface area contributed by atoms with Crippen LogP contribution in [0.25, 0.3) is 39.0 Å². The van der Waals surface area contributed by atoms with Crippen molar-refractivity contribution in [3.63, 3.8) is 0 Å². The zero-order chi connectivity index (χ0) is 22.1. The average Bonchev–Trinajstić information content (AvgIpc) is 3.13. The fourth-order valence-electron chi connectivity index (χ4n) is 3.33. The van der Waals surface area contributed by atoms with E-state index in [1.54, 1.807) is 37.5 Å². The van der Waals surface area contributed by atoms with E-state index in [0.717, 1.165) is 0 Å². The van der Waals surface area contributed by atoms with Gasteiger partial charge >= 0.3 is 0 Å². The number of fused-ring (bicyclic) bond motifs is 2. The van der Waals surface area contributed by atoms with Crippen molar-refractivity contribution in [1.82, 2.24) is 19.7 Å². The number of aromatic nitrogens is 4. The lowest BCUT2D eigenvalue weighted by atomic mass is 10.1. The molecule has 0 saturated heterocycles. The van der Waals surface area contributed by atoms with Crippen LogP contribution in [0.1, 0.15) is 12.6 Å². The molecule has 0 radical (unpaired) electrons. The monoisotopic (exact) mass is 442 g/mol. The van der Waals surface area contributed by atoms with Crippen molar-refractivity contribution in [2.75, 3.05) is 20.5 Å². The van der Waals surface area contributed by atoms with Crippen LogP contribution in [0.3, 0.4) is 0 Å². The van der Waals surface area contributed by atoms with E-state index >= 15 is 4.39 Å². The molecule has 0 atom stereocenters. The molecule has 9 heteroatoms. The van der Waals surface area contributed by atoms with E-state index in [9.17, 15) is 0 Å². The van der Waals surface area contributed by atoms with Gasteiger partial charge in [-0.3, -0.25) is 4.68 Å². The number of aryl methyl sites for hydroxylation is 1. The molecular formula is C22H20ClFN4O3. The highest BCUT2D eigenvalue weighted by molar-refractivity contribution is 6.31. The first-order valence-electron chi connectivity index (χ1n) is 9.50. The molecule has 0 saturated carbocycles. The van der Waals surface area contributed by atoms with Gasteiger partial charge in [-0.25, -0.2) is 14.4 Å². The predicted octanol–water partition coefficient (Wildman–Crippen LogP) is 4.97. The molecule has 160 valence electrons. The fraction of sp³-hybridized carbons (Fsp3) is 0.227. The molecule has 0 aliphatic rings. The summed E-state index contributed by atoms with van der Waals surface area (Å²) in [5, 5.41) is 5.97. The second-order valence-corrected chi connectivity index (χ2v) is 7.21. The summed E-state index contributed by atoms with van der Waals surface area (Å²) >= 11 is 6.18. The maximum atomic E-state index is 15.3. The minimum atomic E-state index is -0.616. The zero-order valence-electron chi connectivity index (χ0n) is 17.3. The molecule has 0 bridgehead atoms. The summed E-state index contributed by atoms with van der Waals surface area (Å²) in [5.41, 5.74) is 1.62. The number of rotatable bonds is 7. The molecule has 2 aromatic heterocycles. The van der Waals surface area contributed by atoms with E-state index < -0.39 is 5.82 Å². The van der Waals surface area contributed by atoms with Crippen LogP contribution in [0.2, 0.25) is 5.02 Å². The number of hydrogen-bond donors (Lipinski definition) is 0. The van der Waals surface area contributed by atoms with Crippen molar-refractivity contribution < 1.29 is 18.6 Å². The Kier molecular flexibility index (Phi) is 5.75. The number of halogens is 2. The third-order valence-electron chi connectivity index (χ3n) is 4.61. The highest BCUT2D eigenvalue weighted by atomic mass is 35.5. The summed E-state index contributed by atoms with van der Waals surface area (Å²) in [4.78, 5) is 9.28. The van der Waals surface area contributed by atoms with Crippen LogP contribution in [0.5, 0.6) is 5.75 Å². The molecule has 31 heavy (non-hydrogen) atoms. The van der Waals surface area contributed by atoms with Gasteiger partial charge in [0.15, 0.2) is 24.2 Å². The molecule has 2 aromatic carbocycles. The fourth-order valence-corrected chi connectivity index (χ4v) is 3.50. The highest BCUT2D eigenvalue weighted by Crippen LogP contribution is 2.37. The van der Waals surface area contributed by atoms with Crippen LogP contribution in [-0.4, -0.2) is 40.3 Å². The van der Waals surface area contributed by atoms with E-state index in [2.05, 4.69) is 21.6 Å². The Labute approximate surface area is 183 Å². The summed E-state index contributed by atoms with van der Waals surface area (Å²) in [5.74, 6) is -0.0494. The van der Waals surface area contributed by atoms with Crippen LogP contribution in [0, 0.1) is 5.82 Å². The zero-order valence-corrected chi connectivity index (χ0v) is 18.0. The third-order valence-corrected chi connectivity index (χ3v) is 4.85. The summed E-state index contributed by atoms with van der Waals surface area (Å²) in [7, 11) is 3.17. The first-order valence-corrected chi connectivity index (χ1v) is 9.88. The van der Waals surface area contributed by atoms with E-state index in [-0.39, 0.29) is 23.9 Å². The molecule has 0 spiro atoms. The topological polar surface area (TPSA) is 71.3 Å². The van der Waals surface area contributed by atoms with Crippen molar-refractivity contribution in [2.45, 2.75) is 6.92 Å². The Hall–Kier alpha value is -3.23. The first-order chi connectivity index (χ1) is 14.9. The molecule has 0 aliphatic heterocycles. The Bertz CT molecular complexity index is 1310. The lowest BCUT2D eigenvalue weighted by Crippen LogP contribution is -2.05. The normalized spacial score (nSPS) is 11.3. The Morgan fingerprint density at radius 3 is 2.81 bits per heavy atom. The van der Waals surface area contributed by atoms with Gasteiger partial charge < -0.3 is 14.2 Å². The molecule has 0 fully saturated rings. The summed E-state index contributed by atoms with van der Waals surface area (Å²) in [6.07, 6.45) is 1.71. The van der Waals surface area contributed by atoms with Gasteiger partial charge in [0.2, 0.25) is 0 Å². The van der Waals surface area contributed by atoms with Crippen molar-refractivity contribution in [3.05, 3.63) is 53.6 Å². The third kappa shape index (κ3) is 3.92. The molecule has 4 aromatic rings. The second kappa shape index (κ2) is 8.49. The Balaban J connectivity index is 2.01. The van der Waals surface area contributed by atoms with Gasteiger partial charge in [-0.2, -0.15) is 5.10 Å². The molecule has 0 N–H and O–H groups in total. The molecular weight excluding hydrogens is 423 g/mol.